The molecule has 4 N–H and O–H groups in total. The van der Waals surface area contributed by atoms with Gasteiger partial charge in [-0.1, -0.05) is 0 Å². The molecule has 0 radical (unpaired) electrons. The smallest absolute Gasteiger partial charge is 0.184 e. The summed E-state index contributed by atoms with van der Waals surface area (Å²) in [5.41, 5.74) is 0. The van der Waals surface area contributed by atoms with E-state index in [1.807, 2.05) is 0 Å². The molecule has 7 heteroatoms. The highest BCUT2D eigenvalue weighted by Crippen LogP contribution is 2.24. The van der Waals surface area contributed by atoms with Crippen LogP contribution in [0, 0.1) is 0 Å². The molecule has 0 bridgehead atoms. The molecule has 4 unspecified atom stereocenters. The van der Waals surface area contributed by atoms with Gasteiger partial charge in [0.15, 0.2) is 6.29 Å². The highest BCUT2D eigenvalue weighted by atomic mass is 16.7. The molecule has 0 amide bonds. The summed E-state index contributed by atoms with van der Waals surface area (Å²) in [4.78, 5) is 0. The minimum Gasteiger partial charge on any atom is -0.394 e. The first-order valence-electron chi connectivity index (χ1n) is 5.14. The van der Waals surface area contributed by atoms with Crippen LogP contribution in [-0.2, 0) is 14.2 Å². The van der Waals surface area contributed by atoms with Gasteiger partial charge in [0.25, 0.3) is 0 Å². The van der Waals surface area contributed by atoms with Crippen molar-refractivity contribution >= 4 is 0 Å². The van der Waals surface area contributed by atoms with Crippen LogP contribution in [0.25, 0.3) is 0 Å². The lowest BCUT2D eigenvalue weighted by Gasteiger charge is -2.22. The van der Waals surface area contributed by atoms with Crippen molar-refractivity contribution in [3.8, 4) is 0 Å². The fourth-order valence-corrected chi connectivity index (χ4v) is 1.61. The van der Waals surface area contributed by atoms with Gasteiger partial charge in [-0.05, 0) is 0 Å². The van der Waals surface area contributed by atoms with Gasteiger partial charge >= 0.3 is 0 Å². The number of aliphatic hydroxyl groups excluding tert-OH is 4. The maximum absolute atomic E-state index is 9.50. The normalized spacial score (nSPS) is 34.5. The van der Waals surface area contributed by atoms with Crippen molar-refractivity contribution in [3.05, 3.63) is 0 Å². The Labute approximate surface area is 93.2 Å². The molecule has 1 heterocycles. The molecule has 96 valence electrons. The topological polar surface area (TPSA) is 109 Å². The number of aliphatic hydroxyl groups is 4. The maximum atomic E-state index is 9.50. The molecule has 0 saturated carbocycles. The molecule has 4 atom stereocenters. The summed E-state index contributed by atoms with van der Waals surface area (Å²) in [6.45, 7) is -0.554. The molecule has 16 heavy (non-hydrogen) atoms. The van der Waals surface area contributed by atoms with Crippen LogP contribution in [0.2, 0.25) is 0 Å². The lowest BCUT2D eigenvalue weighted by molar-refractivity contribution is -0.150. The molecule has 0 aromatic carbocycles. The molecule has 1 aliphatic rings. The Bertz CT molecular complexity index is 189. The minimum atomic E-state index is -1.20. The van der Waals surface area contributed by atoms with E-state index in [-0.39, 0.29) is 33.0 Å². The van der Waals surface area contributed by atoms with Gasteiger partial charge in [0.1, 0.15) is 18.3 Å². The molecule has 1 aliphatic heterocycles. The van der Waals surface area contributed by atoms with E-state index in [0.29, 0.717) is 0 Å². The Morgan fingerprint density at radius 3 is 2.00 bits per heavy atom. The van der Waals surface area contributed by atoms with Crippen LogP contribution >= 0.6 is 0 Å². The fraction of sp³-hybridized carbons (Fsp3) is 1.00. The lowest BCUT2D eigenvalue weighted by Crippen LogP contribution is -2.39. The summed E-state index contributed by atoms with van der Waals surface area (Å²) >= 11 is 0. The molecule has 7 nitrogen and oxygen atoms in total. The van der Waals surface area contributed by atoms with Crippen molar-refractivity contribution in [2.45, 2.75) is 24.6 Å². The third-order valence-electron chi connectivity index (χ3n) is 2.27. The molecule has 1 fully saturated rings. The molecule has 1 rings (SSSR count). The highest BCUT2D eigenvalue weighted by Gasteiger charge is 2.45. The van der Waals surface area contributed by atoms with E-state index in [9.17, 15) is 5.11 Å². The number of rotatable bonds is 7. The first kappa shape index (κ1) is 13.8. The Morgan fingerprint density at radius 1 is 0.938 bits per heavy atom. The van der Waals surface area contributed by atoms with Crippen molar-refractivity contribution in [2.75, 3.05) is 33.0 Å². The van der Waals surface area contributed by atoms with Gasteiger partial charge in [-0.2, -0.15) is 0 Å². The van der Waals surface area contributed by atoms with Crippen LogP contribution in [-0.4, -0.2) is 78.1 Å². The summed E-state index contributed by atoms with van der Waals surface area (Å²) < 4.78 is 15.4. The predicted octanol–water partition coefficient (Wildman–Crippen LogP) is -2.55. The van der Waals surface area contributed by atoms with Crippen molar-refractivity contribution in [2.24, 2.45) is 0 Å². The SMILES string of the molecule is OCCOC1C(O)OC(CO)C1OCCO. The zero-order valence-electron chi connectivity index (χ0n) is 8.86. The van der Waals surface area contributed by atoms with E-state index in [4.69, 9.17) is 29.5 Å². The standard InChI is InChI=1S/C9H18O7/c10-1-3-14-7-6(5-12)16-9(13)8(7)15-4-2-11/h6-13H,1-5H2. The van der Waals surface area contributed by atoms with E-state index in [1.165, 1.54) is 0 Å². The number of hydrogen-bond acceptors (Lipinski definition) is 7. The first-order valence-corrected chi connectivity index (χ1v) is 5.14. The molecule has 0 aromatic heterocycles. The monoisotopic (exact) mass is 238 g/mol. The summed E-state index contributed by atoms with van der Waals surface area (Å²) in [6.07, 6.45) is -3.31. The summed E-state index contributed by atoms with van der Waals surface area (Å²) in [7, 11) is 0. The van der Waals surface area contributed by atoms with Crippen molar-refractivity contribution < 1.29 is 34.6 Å². The second kappa shape index (κ2) is 7.13. The Hall–Kier alpha value is -0.280. The number of ether oxygens (including phenoxy) is 3. The fourth-order valence-electron chi connectivity index (χ4n) is 1.61. The quantitative estimate of drug-likeness (QED) is 0.386. The molecule has 0 spiro atoms. The van der Waals surface area contributed by atoms with Crippen molar-refractivity contribution in [3.63, 3.8) is 0 Å². The second-order valence-corrected chi connectivity index (χ2v) is 3.37. The van der Waals surface area contributed by atoms with Crippen LogP contribution in [0.4, 0.5) is 0 Å². The van der Waals surface area contributed by atoms with Gasteiger partial charge in [-0.15, -0.1) is 0 Å². The van der Waals surface area contributed by atoms with Gasteiger partial charge in [0.05, 0.1) is 33.0 Å². The van der Waals surface area contributed by atoms with Crippen LogP contribution in [0.3, 0.4) is 0 Å². The Kier molecular flexibility index (Phi) is 6.14. The van der Waals surface area contributed by atoms with Gasteiger partial charge in [0, 0.05) is 0 Å². The first-order chi connectivity index (χ1) is 7.74. The number of hydrogen-bond donors (Lipinski definition) is 4. The average Bonchev–Trinajstić information content (AvgIpc) is 2.60. The zero-order chi connectivity index (χ0) is 12.0. The molecular weight excluding hydrogens is 220 g/mol. The predicted molar refractivity (Wildman–Crippen MR) is 51.6 cm³/mol. The zero-order valence-corrected chi connectivity index (χ0v) is 8.86. The summed E-state index contributed by atoms with van der Waals surface area (Å²) in [5.74, 6) is 0. The van der Waals surface area contributed by atoms with Crippen LogP contribution in [0.1, 0.15) is 0 Å². The van der Waals surface area contributed by atoms with Crippen LogP contribution in [0.5, 0.6) is 0 Å². The third kappa shape index (κ3) is 3.36. The van der Waals surface area contributed by atoms with Gasteiger partial charge in [-0.25, -0.2) is 0 Å². The average molecular weight is 238 g/mol. The van der Waals surface area contributed by atoms with E-state index in [0.717, 1.165) is 0 Å². The van der Waals surface area contributed by atoms with Crippen LogP contribution < -0.4 is 0 Å². The van der Waals surface area contributed by atoms with Crippen molar-refractivity contribution in [1.82, 2.24) is 0 Å². The molecule has 1 saturated heterocycles. The Balaban J connectivity index is 2.53. The van der Waals surface area contributed by atoms with E-state index in [1.54, 1.807) is 0 Å². The Morgan fingerprint density at radius 2 is 1.50 bits per heavy atom. The lowest BCUT2D eigenvalue weighted by atomic mass is 10.1. The van der Waals surface area contributed by atoms with E-state index in [2.05, 4.69) is 0 Å². The largest absolute Gasteiger partial charge is 0.394 e. The second-order valence-electron chi connectivity index (χ2n) is 3.37. The van der Waals surface area contributed by atoms with Gasteiger partial charge in [0.2, 0.25) is 0 Å². The maximum Gasteiger partial charge on any atom is 0.184 e. The molecular formula is C9H18O7. The minimum absolute atomic E-state index is 0.0439. The van der Waals surface area contributed by atoms with Gasteiger partial charge in [-0.3, -0.25) is 0 Å². The molecule has 0 aliphatic carbocycles. The summed E-state index contributed by atoms with van der Waals surface area (Å²) in [5, 5.41) is 35.8. The highest BCUT2D eigenvalue weighted by molar-refractivity contribution is 4.88. The van der Waals surface area contributed by atoms with Gasteiger partial charge < -0.3 is 34.6 Å². The summed E-state index contributed by atoms with van der Waals surface area (Å²) in [6, 6.07) is 0. The van der Waals surface area contributed by atoms with Crippen LogP contribution in [0.15, 0.2) is 0 Å². The van der Waals surface area contributed by atoms with E-state index >= 15 is 0 Å². The van der Waals surface area contributed by atoms with E-state index < -0.39 is 24.6 Å². The van der Waals surface area contributed by atoms with Crippen molar-refractivity contribution in [1.29, 1.82) is 0 Å². The third-order valence-corrected chi connectivity index (χ3v) is 2.27. The molecule has 0 aromatic rings.